The van der Waals surface area contributed by atoms with Crippen molar-refractivity contribution < 1.29 is 0 Å². The number of hydrogen-bond acceptors (Lipinski definition) is 1. The van der Waals surface area contributed by atoms with Crippen molar-refractivity contribution in [1.29, 1.82) is 0 Å². The summed E-state index contributed by atoms with van der Waals surface area (Å²) in [5, 5.41) is 0.717. The van der Waals surface area contributed by atoms with Gasteiger partial charge in [-0.2, -0.15) is 0 Å². The number of benzene rings is 4. The summed E-state index contributed by atoms with van der Waals surface area (Å²) in [6, 6.07) is 29.3. The molecule has 0 heterocycles. The first-order valence-electron chi connectivity index (χ1n) is 15.8. The van der Waals surface area contributed by atoms with Gasteiger partial charge >= 0.3 is 0 Å². The maximum absolute atomic E-state index is 7.25. The number of hydrogen-bond donors (Lipinski definition) is 0. The van der Waals surface area contributed by atoms with E-state index in [4.69, 9.17) is 11.6 Å². The number of fused-ring (bicyclic) bond motifs is 2. The van der Waals surface area contributed by atoms with Crippen molar-refractivity contribution in [1.82, 2.24) is 0 Å². The highest BCUT2D eigenvalue weighted by atomic mass is 79.9. The van der Waals surface area contributed by atoms with E-state index in [1.165, 1.54) is 53.5 Å². The van der Waals surface area contributed by atoms with E-state index in [1.807, 2.05) is 0 Å². The third-order valence-corrected chi connectivity index (χ3v) is 11.8. The van der Waals surface area contributed by atoms with Crippen LogP contribution in [0.25, 0.3) is 11.1 Å². The molecule has 3 heteroatoms. The average molecular weight is 655 g/mol. The molecular weight excluding hydrogens is 610 g/mol. The van der Waals surface area contributed by atoms with E-state index in [-0.39, 0.29) is 21.7 Å². The molecule has 1 nitrogen and oxygen atoms in total. The van der Waals surface area contributed by atoms with Gasteiger partial charge in [-0.25, -0.2) is 0 Å². The van der Waals surface area contributed by atoms with Crippen LogP contribution in [0.15, 0.2) is 83.3 Å². The van der Waals surface area contributed by atoms with E-state index in [0.717, 1.165) is 27.1 Å². The van der Waals surface area contributed by atoms with Crippen LogP contribution in [0.3, 0.4) is 0 Å². The maximum atomic E-state index is 7.25. The molecule has 0 saturated heterocycles. The summed E-state index contributed by atoms with van der Waals surface area (Å²) in [5.74, 6) is 0. The van der Waals surface area contributed by atoms with Crippen LogP contribution in [0.4, 0.5) is 17.1 Å². The van der Waals surface area contributed by atoms with E-state index >= 15 is 0 Å². The molecular formula is C40H45BrClN. The number of nitrogens with zero attached hydrogens (tertiary/aromatic N) is 1. The number of anilines is 3. The topological polar surface area (TPSA) is 3.24 Å². The third kappa shape index (κ3) is 5.38. The molecule has 224 valence electrons. The van der Waals surface area contributed by atoms with Gasteiger partial charge in [0.2, 0.25) is 0 Å². The molecule has 0 amide bonds. The molecule has 0 N–H and O–H groups in total. The van der Waals surface area contributed by atoms with Crippen LogP contribution >= 0.6 is 27.5 Å². The smallest absolute Gasteiger partial charge is 0.0789 e. The Morgan fingerprint density at radius 3 is 1.44 bits per heavy atom. The fraction of sp³-hybridized carbons (Fsp3) is 0.400. The van der Waals surface area contributed by atoms with Crippen molar-refractivity contribution >= 4 is 44.6 Å². The molecule has 0 fully saturated rings. The molecule has 0 atom stereocenters. The summed E-state index contributed by atoms with van der Waals surface area (Å²) in [7, 11) is 0. The van der Waals surface area contributed by atoms with Gasteiger partial charge in [-0.15, -0.1) is 0 Å². The highest BCUT2D eigenvalue weighted by molar-refractivity contribution is 9.10. The first-order chi connectivity index (χ1) is 20.1. The minimum absolute atomic E-state index is 0.102. The highest BCUT2D eigenvalue weighted by Crippen LogP contribution is 2.52. The van der Waals surface area contributed by atoms with Crippen LogP contribution in [-0.4, -0.2) is 0 Å². The van der Waals surface area contributed by atoms with Gasteiger partial charge in [0.05, 0.1) is 10.7 Å². The van der Waals surface area contributed by atoms with Crippen molar-refractivity contribution in [3.05, 3.63) is 111 Å². The maximum Gasteiger partial charge on any atom is 0.0789 e. The molecule has 2 aliphatic rings. The second-order valence-electron chi connectivity index (χ2n) is 15.5. The van der Waals surface area contributed by atoms with Crippen LogP contribution in [0.1, 0.15) is 103 Å². The van der Waals surface area contributed by atoms with Crippen LogP contribution in [0, 0.1) is 0 Å². The molecule has 0 aromatic heterocycles. The monoisotopic (exact) mass is 653 g/mol. The van der Waals surface area contributed by atoms with Crippen molar-refractivity contribution in [2.75, 3.05) is 4.90 Å². The Bertz CT molecular complexity index is 1620. The van der Waals surface area contributed by atoms with Gasteiger partial charge < -0.3 is 4.90 Å². The minimum Gasteiger partial charge on any atom is -0.309 e. The Morgan fingerprint density at radius 1 is 0.535 bits per heavy atom. The standard InChI is InChI=1S/C40H45BrClN/c1-37(2)18-20-39(5,6)32-24-28(14-16-30(32)37)43(29-15-17-31-33(25-29)40(7,8)21-19-38(31,3)4)35-23-27(22-34(41)36(35)42)26-12-10-9-11-13-26/h9-17,22-25H,18-21H2,1-8H3. The second kappa shape index (κ2) is 10.5. The average Bonchev–Trinajstić information content (AvgIpc) is 2.96. The zero-order valence-electron chi connectivity index (χ0n) is 27.0. The minimum atomic E-state index is 0.102. The molecule has 0 saturated carbocycles. The Kier molecular flexibility index (Phi) is 7.46. The van der Waals surface area contributed by atoms with Gasteiger partial charge in [0.15, 0.2) is 0 Å². The van der Waals surface area contributed by atoms with E-state index in [0.29, 0.717) is 5.02 Å². The summed E-state index contributed by atoms with van der Waals surface area (Å²) < 4.78 is 0.898. The quantitative estimate of drug-likeness (QED) is 0.212. The Morgan fingerprint density at radius 2 is 0.977 bits per heavy atom. The van der Waals surface area contributed by atoms with Crippen LogP contribution in [0.5, 0.6) is 0 Å². The Labute approximate surface area is 272 Å². The van der Waals surface area contributed by atoms with Gasteiger partial charge in [0, 0.05) is 15.8 Å². The normalized spacial score (nSPS) is 19.3. The predicted octanol–water partition coefficient (Wildman–Crippen LogP) is 12.9. The summed E-state index contributed by atoms with van der Waals surface area (Å²) >= 11 is 11.1. The van der Waals surface area contributed by atoms with Gasteiger partial charge in [-0.3, -0.25) is 0 Å². The van der Waals surface area contributed by atoms with Crippen LogP contribution < -0.4 is 4.90 Å². The van der Waals surface area contributed by atoms with Gasteiger partial charge in [-0.1, -0.05) is 109 Å². The molecule has 4 aromatic carbocycles. The van der Waals surface area contributed by atoms with Crippen LogP contribution in [0.2, 0.25) is 5.02 Å². The van der Waals surface area contributed by atoms with Gasteiger partial charge in [-0.05, 0) is 133 Å². The summed E-state index contributed by atoms with van der Waals surface area (Å²) in [6.07, 6.45) is 4.75. The molecule has 43 heavy (non-hydrogen) atoms. The third-order valence-electron chi connectivity index (χ3n) is 10.5. The fourth-order valence-electron chi connectivity index (χ4n) is 7.39. The second-order valence-corrected chi connectivity index (χ2v) is 16.7. The summed E-state index contributed by atoms with van der Waals surface area (Å²) in [4.78, 5) is 2.40. The molecule has 6 rings (SSSR count). The molecule has 2 aliphatic carbocycles. The first-order valence-corrected chi connectivity index (χ1v) is 16.9. The number of rotatable bonds is 4. The molecule has 0 aliphatic heterocycles. The van der Waals surface area contributed by atoms with Crippen molar-refractivity contribution in [2.45, 2.75) is 103 Å². The number of halogens is 2. The van der Waals surface area contributed by atoms with Crippen LogP contribution in [-0.2, 0) is 21.7 Å². The van der Waals surface area contributed by atoms with Crippen molar-refractivity contribution in [3.63, 3.8) is 0 Å². The predicted molar refractivity (Wildman–Crippen MR) is 190 cm³/mol. The summed E-state index contributed by atoms with van der Waals surface area (Å²) in [6.45, 7) is 19.2. The Hall–Kier alpha value is -2.55. The zero-order chi connectivity index (χ0) is 30.9. The van der Waals surface area contributed by atoms with E-state index < -0.39 is 0 Å². The lowest BCUT2D eigenvalue weighted by Crippen LogP contribution is -2.34. The molecule has 0 spiro atoms. The summed E-state index contributed by atoms with van der Waals surface area (Å²) in [5.41, 5.74) is 11.9. The first kappa shape index (κ1) is 30.5. The lowest BCUT2D eigenvalue weighted by atomic mass is 9.63. The Balaban J connectivity index is 1.63. The van der Waals surface area contributed by atoms with E-state index in [9.17, 15) is 0 Å². The van der Waals surface area contributed by atoms with Gasteiger partial charge in [0.1, 0.15) is 0 Å². The largest absolute Gasteiger partial charge is 0.309 e. The molecule has 0 radical (unpaired) electrons. The lowest BCUT2D eigenvalue weighted by Gasteiger charge is -2.43. The molecule has 0 unspecified atom stereocenters. The molecule has 0 bridgehead atoms. The fourth-order valence-corrected chi connectivity index (χ4v) is 8.04. The van der Waals surface area contributed by atoms with E-state index in [2.05, 4.69) is 155 Å². The zero-order valence-corrected chi connectivity index (χ0v) is 29.4. The lowest BCUT2D eigenvalue weighted by molar-refractivity contribution is 0.332. The SMILES string of the molecule is CC1(C)CCC(C)(C)c2cc(N(c3ccc4c(c3)C(C)(C)CCC4(C)C)c3cc(-c4ccccc4)cc(Br)c3Cl)ccc21. The van der Waals surface area contributed by atoms with Gasteiger partial charge in [0.25, 0.3) is 0 Å². The highest BCUT2D eigenvalue weighted by Gasteiger charge is 2.39. The molecule has 4 aromatic rings. The van der Waals surface area contributed by atoms with E-state index in [1.54, 1.807) is 0 Å². The van der Waals surface area contributed by atoms with Crippen molar-refractivity contribution in [3.8, 4) is 11.1 Å². The van der Waals surface area contributed by atoms with Crippen molar-refractivity contribution in [2.24, 2.45) is 0 Å².